The van der Waals surface area contributed by atoms with Crippen LogP contribution in [0.25, 0.3) is 0 Å². The van der Waals surface area contributed by atoms with E-state index in [4.69, 9.17) is 0 Å². The van der Waals surface area contributed by atoms with Gasteiger partial charge in [-0.25, -0.2) is 4.98 Å². The Kier molecular flexibility index (Phi) is 3.84. The molecule has 0 fully saturated rings. The van der Waals surface area contributed by atoms with Crippen LogP contribution in [0.2, 0.25) is 0 Å². The summed E-state index contributed by atoms with van der Waals surface area (Å²) in [7, 11) is 0. The van der Waals surface area contributed by atoms with Crippen molar-refractivity contribution in [1.29, 1.82) is 0 Å². The van der Waals surface area contributed by atoms with Gasteiger partial charge in [0.05, 0.1) is 5.69 Å². The van der Waals surface area contributed by atoms with Gasteiger partial charge in [-0.2, -0.15) is 0 Å². The van der Waals surface area contributed by atoms with Crippen molar-refractivity contribution >= 4 is 43.4 Å². The third-order valence-corrected chi connectivity index (χ3v) is 3.92. The van der Waals surface area contributed by atoms with Crippen molar-refractivity contribution in [2.24, 2.45) is 0 Å². The van der Waals surface area contributed by atoms with Crippen LogP contribution in [0.5, 0.6) is 0 Å². The first-order chi connectivity index (χ1) is 8.06. The van der Waals surface area contributed by atoms with Crippen LogP contribution < -0.4 is 5.32 Å². The summed E-state index contributed by atoms with van der Waals surface area (Å²) in [4.78, 5) is 4.32. The molecule has 0 aliphatic heterocycles. The lowest BCUT2D eigenvalue weighted by atomic mass is 10.2. The largest absolute Gasteiger partial charge is 0.339 e. The van der Waals surface area contributed by atoms with Gasteiger partial charge in [-0.05, 0) is 75.0 Å². The highest BCUT2D eigenvalue weighted by atomic mass is 79.9. The number of halogens is 2. The molecule has 1 aromatic heterocycles. The Bertz CT molecular complexity index is 553. The van der Waals surface area contributed by atoms with E-state index in [-0.39, 0.29) is 0 Å². The van der Waals surface area contributed by atoms with Gasteiger partial charge in [-0.3, -0.25) is 0 Å². The summed E-state index contributed by atoms with van der Waals surface area (Å²) in [5.74, 6) is 0.843. The van der Waals surface area contributed by atoms with E-state index in [1.807, 2.05) is 19.1 Å². The summed E-state index contributed by atoms with van der Waals surface area (Å²) in [5.41, 5.74) is 3.40. The fourth-order valence-corrected chi connectivity index (χ4v) is 2.28. The van der Waals surface area contributed by atoms with Crippen molar-refractivity contribution in [1.82, 2.24) is 4.98 Å². The molecule has 1 N–H and O–H groups in total. The number of benzene rings is 1. The fraction of sp³-hybridized carbons (Fsp3) is 0.154. The molecule has 0 radical (unpaired) electrons. The van der Waals surface area contributed by atoms with Crippen molar-refractivity contribution in [3.63, 3.8) is 0 Å². The molecule has 0 saturated heterocycles. The first-order valence-electron chi connectivity index (χ1n) is 5.21. The van der Waals surface area contributed by atoms with E-state index < -0.39 is 0 Å². The molecule has 4 heteroatoms. The average Bonchev–Trinajstić information content (AvgIpc) is 2.27. The predicted octanol–water partition coefficient (Wildman–Crippen LogP) is 4.97. The second-order valence-electron chi connectivity index (χ2n) is 3.93. The topological polar surface area (TPSA) is 24.9 Å². The molecule has 1 aromatic carbocycles. The Morgan fingerprint density at radius 3 is 2.47 bits per heavy atom. The van der Waals surface area contributed by atoms with Crippen molar-refractivity contribution in [2.75, 3.05) is 5.32 Å². The standard InChI is InChI=1S/C13H12Br2N2/c1-8-3-4-12(10(14)5-8)17-13-6-9(2)11(15)7-16-13/h3-7H,1-2H3,(H,16,17). The molecular formula is C13H12Br2N2. The van der Waals surface area contributed by atoms with Gasteiger partial charge in [0.25, 0.3) is 0 Å². The number of nitrogens with zero attached hydrogens (tertiary/aromatic N) is 1. The minimum Gasteiger partial charge on any atom is -0.339 e. The van der Waals surface area contributed by atoms with Crippen molar-refractivity contribution in [2.45, 2.75) is 13.8 Å². The molecule has 0 amide bonds. The quantitative estimate of drug-likeness (QED) is 0.822. The van der Waals surface area contributed by atoms with E-state index in [2.05, 4.69) is 61.2 Å². The normalized spacial score (nSPS) is 10.4. The maximum Gasteiger partial charge on any atom is 0.130 e. The van der Waals surface area contributed by atoms with E-state index in [1.54, 1.807) is 6.20 Å². The van der Waals surface area contributed by atoms with Gasteiger partial charge in [-0.1, -0.05) is 6.07 Å². The Hall–Kier alpha value is -0.870. The number of hydrogen-bond donors (Lipinski definition) is 1. The molecule has 0 aliphatic rings. The molecule has 0 unspecified atom stereocenters. The van der Waals surface area contributed by atoms with Gasteiger partial charge in [0.1, 0.15) is 5.82 Å². The molecule has 2 aromatic rings. The Balaban J connectivity index is 2.28. The second kappa shape index (κ2) is 5.19. The van der Waals surface area contributed by atoms with Gasteiger partial charge in [-0.15, -0.1) is 0 Å². The summed E-state index contributed by atoms with van der Waals surface area (Å²) in [6.45, 7) is 4.11. The lowest BCUT2D eigenvalue weighted by Crippen LogP contribution is -1.95. The molecule has 2 nitrogen and oxygen atoms in total. The van der Waals surface area contributed by atoms with Crippen LogP contribution in [0.4, 0.5) is 11.5 Å². The van der Waals surface area contributed by atoms with E-state index in [0.29, 0.717) is 0 Å². The lowest BCUT2D eigenvalue weighted by Gasteiger charge is -2.09. The molecule has 1 heterocycles. The first-order valence-corrected chi connectivity index (χ1v) is 6.80. The maximum absolute atomic E-state index is 4.32. The van der Waals surface area contributed by atoms with E-state index in [0.717, 1.165) is 26.0 Å². The third-order valence-electron chi connectivity index (χ3n) is 2.43. The van der Waals surface area contributed by atoms with Crippen LogP contribution in [0.15, 0.2) is 39.4 Å². The molecule has 17 heavy (non-hydrogen) atoms. The zero-order valence-electron chi connectivity index (χ0n) is 9.59. The number of aryl methyl sites for hydroxylation is 2. The zero-order valence-corrected chi connectivity index (χ0v) is 12.8. The average molecular weight is 356 g/mol. The number of hydrogen-bond acceptors (Lipinski definition) is 2. The Morgan fingerprint density at radius 1 is 1.06 bits per heavy atom. The van der Waals surface area contributed by atoms with Crippen LogP contribution in [-0.2, 0) is 0 Å². The lowest BCUT2D eigenvalue weighted by molar-refractivity contribution is 1.25. The van der Waals surface area contributed by atoms with Crippen LogP contribution in [-0.4, -0.2) is 4.98 Å². The number of rotatable bonds is 2. The molecule has 0 saturated carbocycles. The predicted molar refractivity (Wildman–Crippen MR) is 78.8 cm³/mol. The fourth-order valence-electron chi connectivity index (χ4n) is 1.47. The van der Waals surface area contributed by atoms with E-state index in [1.165, 1.54) is 5.56 Å². The summed E-state index contributed by atoms with van der Waals surface area (Å²) in [6, 6.07) is 8.20. The van der Waals surface area contributed by atoms with Crippen molar-refractivity contribution in [3.8, 4) is 0 Å². The van der Waals surface area contributed by atoms with Crippen LogP contribution in [0.3, 0.4) is 0 Å². The van der Waals surface area contributed by atoms with Crippen LogP contribution in [0.1, 0.15) is 11.1 Å². The highest BCUT2D eigenvalue weighted by Crippen LogP contribution is 2.27. The summed E-state index contributed by atoms with van der Waals surface area (Å²) >= 11 is 6.98. The number of anilines is 2. The SMILES string of the molecule is Cc1ccc(Nc2cc(C)c(Br)cn2)c(Br)c1. The van der Waals surface area contributed by atoms with Crippen molar-refractivity contribution < 1.29 is 0 Å². The third kappa shape index (κ3) is 3.07. The van der Waals surface area contributed by atoms with E-state index in [9.17, 15) is 0 Å². The molecule has 0 spiro atoms. The van der Waals surface area contributed by atoms with Gasteiger partial charge < -0.3 is 5.32 Å². The number of nitrogens with one attached hydrogen (secondary N) is 1. The van der Waals surface area contributed by atoms with Gasteiger partial charge >= 0.3 is 0 Å². The molecule has 2 rings (SSSR count). The van der Waals surface area contributed by atoms with Crippen LogP contribution in [0, 0.1) is 13.8 Å². The molecule has 88 valence electrons. The van der Waals surface area contributed by atoms with Gasteiger partial charge in [0, 0.05) is 15.1 Å². The number of aromatic nitrogens is 1. The minimum absolute atomic E-state index is 0.843. The Labute approximate surface area is 118 Å². The summed E-state index contributed by atoms with van der Waals surface area (Å²) < 4.78 is 2.06. The van der Waals surface area contributed by atoms with Crippen LogP contribution >= 0.6 is 31.9 Å². The number of pyridine rings is 1. The highest BCUT2D eigenvalue weighted by molar-refractivity contribution is 9.10. The minimum atomic E-state index is 0.843. The smallest absolute Gasteiger partial charge is 0.130 e. The van der Waals surface area contributed by atoms with Crippen molar-refractivity contribution in [3.05, 3.63) is 50.5 Å². The van der Waals surface area contributed by atoms with Gasteiger partial charge in [0.2, 0.25) is 0 Å². The molecular weight excluding hydrogens is 344 g/mol. The zero-order chi connectivity index (χ0) is 12.4. The molecule has 0 atom stereocenters. The molecule has 0 aliphatic carbocycles. The monoisotopic (exact) mass is 354 g/mol. The second-order valence-corrected chi connectivity index (χ2v) is 5.64. The van der Waals surface area contributed by atoms with Gasteiger partial charge in [0.15, 0.2) is 0 Å². The Morgan fingerprint density at radius 2 is 1.82 bits per heavy atom. The summed E-state index contributed by atoms with van der Waals surface area (Å²) in [6.07, 6.45) is 1.81. The summed E-state index contributed by atoms with van der Waals surface area (Å²) in [5, 5.41) is 3.29. The highest BCUT2D eigenvalue weighted by Gasteiger charge is 2.03. The maximum atomic E-state index is 4.32. The first kappa shape index (κ1) is 12.6. The van der Waals surface area contributed by atoms with E-state index >= 15 is 0 Å². The molecule has 0 bridgehead atoms.